The van der Waals surface area contributed by atoms with E-state index >= 15 is 0 Å². The van der Waals surface area contributed by atoms with Gasteiger partial charge in [-0.25, -0.2) is 9.97 Å². The van der Waals surface area contributed by atoms with Crippen molar-refractivity contribution in [2.45, 2.75) is 6.92 Å². The molecule has 10 heavy (non-hydrogen) atoms. The molecule has 0 aliphatic heterocycles. The molecular formula is C6H7BrN2O. The summed E-state index contributed by atoms with van der Waals surface area (Å²) in [6, 6.07) is 0. The number of hydrogen-bond donors (Lipinski definition) is 0. The molecule has 0 amide bonds. The second-order valence-electron chi connectivity index (χ2n) is 1.79. The Morgan fingerprint density at radius 1 is 1.60 bits per heavy atom. The van der Waals surface area contributed by atoms with E-state index in [2.05, 4.69) is 25.9 Å². The van der Waals surface area contributed by atoms with Gasteiger partial charge in [-0.1, -0.05) is 0 Å². The number of hydrogen-bond acceptors (Lipinski definition) is 3. The lowest BCUT2D eigenvalue weighted by Crippen LogP contribution is -1.93. The summed E-state index contributed by atoms with van der Waals surface area (Å²) in [4.78, 5) is 8.04. The van der Waals surface area contributed by atoms with E-state index in [-0.39, 0.29) is 0 Å². The zero-order chi connectivity index (χ0) is 7.56. The van der Waals surface area contributed by atoms with Gasteiger partial charge in [-0.3, -0.25) is 0 Å². The fourth-order valence-corrected chi connectivity index (χ4v) is 1.01. The van der Waals surface area contributed by atoms with Crippen molar-refractivity contribution < 1.29 is 4.74 Å². The van der Waals surface area contributed by atoms with Crippen molar-refractivity contribution in [3.63, 3.8) is 0 Å². The fourth-order valence-electron chi connectivity index (χ4n) is 0.643. The average molecular weight is 203 g/mol. The van der Waals surface area contributed by atoms with Crippen LogP contribution in [0.1, 0.15) is 5.69 Å². The lowest BCUT2D eigenvalue weighted by Gasteiger charge is -2.00. The highest BCUT2D eigenvalue weighted by Gasteiger charge is 1.99. The van der Waals surface area contributed by atoms with Crippen LogP contribution in [0.15, 0.2) is 10.8 Å². The van der Waals surface area contributed by atoms with E-state index in [0.717, 1.165) is 10.3 Å². The molecule has 0 aliphatic rings. The van der Waals surface area contributed by atoms with Gasteiger partial charge < -0.3 is 4.74 Å². The van der Waals surface area contributed by atoms with Crippen molar-refractivity contribution in [2.24, 2.45) is 0 Å². The highest BCUT2D eigenvalue weighted by atomic mass is 79.9. The number of halogens is 1. The summed E-state index contributed by atoms with van der Waals surface area (Å²) in [7, 11) is 1.57. The van der Waals surface area contributed by atoms with Crippen LogP contribution in [0.25, 0.3) is 0 Å². The summed E-state index contributed by atoms with van der Waals surface area (Å²) in [5.74, 6) is 0.572. The van der Waals surface area contributed by atoms with E-state index in [1.165, 1.54) is 0 Å². The first-order valence-corrected chi connectivity index (χ1v) is 3.56. The van der Waals surface area contributed by atoms with Crippen LogP contribution in [0.2, 0.25) is 0 Å². The maximum absolute atomic E-state index is 4.91. The summed E-state index contributed by atoms with van der Waals surface area (Å²) in [5.41, 5.74) is 0.789. The monoisotopic (exact) mass is 202 g/mol. The van der Waals surface area contributed by atoms with Crippen molar-refractivity contribution in [3.8, 4) is 5.88 Å². The molecule has 0 radical (unpaired) electrons. The summed E-state index contributed by atoms with van der Waals surface area (Å²) in [6.45, 7) is 1.84. The highest BCUT2D eigenvalue weighted by molar-refractivity contribution is 9.10. The molecule has 54 valence electrons. The Hall–Kier alpha value is -0.640. The van der Waals surface area contributed by atoms with Crippen LogP contribution in [0.5, 0.6) is 5.88 Å². The Labute approximate surface area is 67.6 Å². The number of methoxy groups -OCH3 is 1. The number of aryl methyl sites for hydroxylation is 1. The van der Waals surface area contributed by atoms with Gasteiger partial charge in [-0.05, 0) is 22.9 Å². The lowest BCUT2D eigenvalue weighted by molar-refractivity contribution is 0.391. The van der Waals surface area contributed by atoms with Gasteiger partial charge in [0.05, 0.1) is 13.3 Å². The molecule has 0 N–H and O–H groups in total. The molecule has 0 saturated heterocycles. The van der Waals surface area contributed by atoms with E-state index in [1.807, 2.05) is 6.92 Å². The lowest BCUT2D eigenvalue weighted by atomic mass is 10.5. The molecule has 4 heteroatoms. The summed E-state index contributed by atoms with van der Waals surface area (Å²) >= 11 is 3.20. The van der Waals surface area contributed by atoms with Crippen molar-refractivity contribution in [1.82, 2.24) is 9.97 Å². The van der Waals surface area contributed by atoms with E-state index in [4.69, 9.17) is 4.74 Å². The Kier molecular flexibility index (Phi) is 2.21. The molecule has 0 spiro atoms. The Morgan fingerprint density at radius 3 is 2.80 bits per heavy atom. The predicted molar refractivity (Wildman–Crippen MR) is 41.0 cm³/mol. The number of aromatic nitrogens is 2. The minimum absolute atomic E-state index is 0.572. The Balaban J connectivity index is 3.07. The summed E-state index contributed by atoms with van der Waals surface area (Å²) in [6.07, 6.45) is 1.60. The third kappa shape index (κ3) is 1.44. The predicted octanol–water partition coefficient (Wildman–Crippen LogP) is 1.56. The molecule has 1 rings (SSSR count). The SMILES string of the molecule is COc1ncc(Br)nc1C. The van der Waals surface area contributed by atoms with Crippen LogP contribution >= 0.6 is 15.9 Å². The second kappa shape index (κ2) is 2.96. The van der Waals surface area contributed by atoms with E-state index < -0.39 is 0 Å². The van der Waals surface area contributed by atoms with Crippen LogP contribution in [0.4, 0.5) is 0 Å². The molecule has 0 saturated carbocycles. The number of ether oxygens (including phenoxy) is 1. The van der Waals surface area contributed by atoms with Gasteiger partial charge in [0, 0.05) is 0 Å². The maximum Gasteiger partial charge on any atom is 0.235 e. The van der Waals surface area contributed by atoms with E-state index in [9.17, 15) is 0 Å². The van der Waals surface area contributed by atoms with Gasteiger partial charge >= 0.3 is 0 Å². The summed E-state index contributed by atoms with van der Waals surface area (Å²) in [5, 5.41) is 0. The fraction of sp³-hybridized carbons (Fsp3) is 0.333. The van der Waals surface area contributed by atoms with Gasteiger partial charge in [-0.2, -0.15) is 0 Å². The van der Waals surface area contributed by atoms with Gasteiger partial charge in [0.15, 0.2) is 0 Å². The normalized spacial score (nSPS) is 9.50. The van der Waals surface area contributed by atoms with Crippen LogP contribution in [0.3, 0.4) is 0 Å². The van der Waals surface area contributed by atoms with Crippen LogP contribution in [0, 0.1) is 6.92 Å². The molecule has 0 bridgehead atoms. The molecule has 0 aliphatic carbocycles. The van der Waals surface area contributed by atoms with Gasteiger partial charge in [0.2, 0.25) is 5.88 Å². The minimum Gasteiger partial charge on any atom is -0.480 e. The van der Waals surface area contributed by atoms with E-state index in [0.29, 0.717) is 5.88 Å². The quantitative estimate of drug-likeness (QED) is 0.694. The van der Waals surface area contributed by atoms with Crippen molar-refractivity contribution >= 4 is 15.9 Å². The molecule has 3 nitrogen and oxygen atoms in total. The minimum atomic E-state index is 0.572. The molecule has 0 aromatic carbocycles. The molecule has 1 heterocycles. The molecule has 0 unspecified atom stereocenters. The Bertz CT molecular complexity index is 239. The standard InChI is InChI=1S/C6H7BrN2O/c1-4-6(10-2)8-3-5(7)9-4/h3H,1-2H3. The summed E-state index contributed by atoms with van der Waals surface area (Å²) < 4.78 is 5.63. The molecular weight excluding hydrogens is 196 g/mol. The van der Waals surface area contributed by atoms with Gasteiger partial charge in [0.25, 0.3) is 0 Å². The first kappa shape index (κ1) is 7.47. The third-order valence-corrected chi connectivity index (χ3v) is 1.45. The second-order valence-corrected chi connectivity index (χ2v) is 2.60. The van der Waals surface area contributed by atoms with Crippen LogP contribution in [-0.2, 0) is 0 Å². The first-order chi connectivity index (χ1) is 4.74. The molecule has 1 aromatic rings. The van der Waals surface area contributed by atoms with Gasteiger partial charge in [0.1, 0.15) is 10.3 Å². The largest absolute Gasteiger partial charge is 0.480 e. The molecule has 1 aromatic heterocycles. The average Bonchev–Trinajstić information content (AvgIpc) is 1.88. The number of rotatable bonds is 1. The zero-order valence-electron chi connectivity index (χ0n) is 5.76. The zero-order valence-corrected chi connectivity index (χ0v) is 7.34. The van der Waals surface area contributed by atoms with Crippen molar-refractivity contribution in [1.29, 1.82) is 0 Å². The highest BCUT2D eigenvalue weighted by Crippen LogP contribution is 2.13. The smallest absolute Gasteiger partial charge is 0.235 e. The van der Waals surface area contributed by atoms with Crippen LogP contribution < -0.4 is 4.74 Å². The Morgan fingerprint density at radius 2 is 2.30 bits per heavy atom. The molecule has 0 fully saturated rings. The number of nitrogens with zero attached hydrogens (tertiary/aromatic N) is 2. The van der Waals surface area contributed by atoms with E-state index in [1.54, 1.807) is 13.3 Å². The first-order valence-electron chi connectivity index (χ1n) is 2.77. The van der Waals surface area contributed by atoms with Crippen molar-refractivity contribution in [3.05, 3.63) is 16.5 Å². The molecule has 0 atom stereocenters. The van der Waals surface area contributed by atoms with Crippen LogP contribution in [-0.4, -0.2) is 17.1 Å². The maximum atomic E-state index is 4.91. The third-order valence-electron chi connectivity index (χ3n) is 1.07. The van der Waals surface area contributed by atoms with Crippen molar-refractivity contribution in [2.75, 3.05) is 7.11 Å². The van der Waals surface area contributed by atoms with Gasteiger partial charge in [-0.15, -0.1) is 0 Å². The topological polar surface area (TPSA) is 35.0 Å².